The van der Waals surface area contributed by atoms with Crippen molar-refractivity contribution in [3.05, 3.63) is 112 Å². The van der Waals surface area contributed by atoms with Gasteiger partial charge in [-0.3, -0.25) is 0 Å². The van der Waals surface area contributed by atoms with Gasteiger partial charge in [-0.2, -0.15) is 0 Å². The number of esters is 3. The van der Waals surface area contributed by atoms with Crippen LogP contribution < -0.4 is 0 Å². The van der Waals surface area contributed by atoms with E-state index in [9.17, 15) is 43.2 Å². The number of hydrogen-bond acceptors (Lipinski definition) is 20. The Bertz CT molecular complexity index is 1410. The van der Waals surface area contributed by atoms with E-state index in [2.05, 4.69) is 75.6 Å². The molecule has 422 valence electrons. The van der Waals surface area contributed by atoms with Crippen molar-refractivity contribution in [1.82, 2.24) is 0 Å². The van der Waals surface area contributed by atoms with Crippen LogP contribution in [0.4, 0.5) is 0 Å². The third-order valence-corrected chi connectivity index (χ3v) is 6.31. The summed E-state index contributed by atoms with van der Waals surface area (Å²) in [5.41, 5.74) is -1.12. The molecule has 0 amide bonds. The fourth-order valence-corrected chi connectivity index (χ4v) is 1.76. The number of aliphatic carboxylic acids is 6. The number of rotatable bonds is 24. The number of carboxylic acids is 6. The van der Waals surface area contributed by atoms with Gasteiger partial charge >= 0.3 is 53.7 Å². The second-order valence-corrected chi connectivity index (χ2v) is 13.0. The average Bonchev–Trinajstić information content (AvgIpc) is 3.37. The number of carbonyl (C=O) groups is 9. The maximum absolute atomic E-state index is 10.8. The highest BCUT2D eigenvalue weighted by Gasteiger charge is 2.27. The predicted molar refractivity (Wildman–Crippen MR) is 265 cm³/mol. The van der Waals surface area contributed by atoms with Gasteiger partial charge in [-0.15, -0.1) is 0 Å². The number of carbonyl (C=O) groups excluding carboxylic acids is 3. The van der Waals surface area contributed by atoms with Crippen molar-refractivity contribution in [1.29, 1.82) is 0 Å². The first-order valence-electron chi connectivity index (χ1n) is 20.2. The van der Waals surface area contributed by atoms with Crippen LogP contribution in [0.15, 0.2) is 112 Å². The molecule has 0 bridgehead atoms. The second-order valence-electron chi connectivity index (χ2n) is 13.0. The summed E-state index contributed by atoms with van der Waals surface area (Å²) in [5.74, 6) is -7.14. The van der Waals surface area contributed by atoms with Gasteiger partial charge < -0.3 is 85.7 Å². The van der Waals surface area contributed by atoms with Gasteiger partial charge in [0, 0.05) is 53.2 Å². The molecule has 0 saturated carbocycles. The molecule has 0 aromatic heterocycles. The highest BCUT2D eigenvalue weighted by atomic mass is 16.6. The Labute approximate surface area is 424 Å². The third kappa shape index (κ3) is 88.1. The Hall–Kier alpha value is -7.43. The normalized spacial score (nSPS) is 8.71. The van der Waals surface area contributed by atoms with Crippen molar-refractivity contribution in [2.45, 2.75) is 47.0 Å². The van der Waals surface area contributed by atoms with E-state index in [-0.39, 0.29) is 19.2 Å². The van der Waals surface area contributed by atoms with Crippen molar-refractivity contribution in [3.63, 3.8) is 0 Å². The minimum absolute atomic E-state index is 0.0325. The van der Waals surface area contributed by atoms with Gasteiger partial charge in [-0.25, -0.2) is 43.2 Å². The lowest BCUT2D eigenvalue weighted by Crippen LogP contribution is -2.37. The molecule has 0 aromatic rings. The Morgan fingerprint density at radius 3 is 0.603 bits per heavy atom. The molecular formula is C47H78O26. The van der Waals surface area contributed by atoms with Crippen LogP contribution in [0.1, 0.15) is 47.0 Å². The van der Waals surface area contributed by atoms with Crippen LogP contribution in [0.2, 0.25) is 0 Å². The molecule has 0 spiro atoms. The zero-order chi connectivity index (χ0) is 60.2. The molecule has 0 fully saturated rings. The summed E-state index contributed by atoms with van der Waals surface area (Å²) in [5, 5.41) is 114. The number of carboxylic acid groups (broad SMARTS) is 6. The maximum atomic E-state index is 10.8. The molecule has 0 saturated heterocycles. The zero-order valence-corrected chi connectivity index (χ0v) is 41.9. The molecule has 0 heterocycles. The first kappa shape index (κ1) is 88.5. The van der Waals surface area contributed by atoms with Crippen molar-refractivity contribution in [2.24, 2.45) is 10.8 Å². The number of hydrogen-bond donors (Lipinski definition) is 14. The molecule has 0 atom stereocenters. The van der Waals surface area contributed by atoms with Crippen LogP contribution >= 0.6 is 0 Å². The van der Waals surface area contributed by atoms with Crippen LogP contribution in [0, 0.1) is 10.8 Å². The lowest BCUT2D eigenvalue weighted by Gasteiger charge is -2.23. The first-order chi connectivity index (χ1) is 33.7. The Morgan fingerprint density at radius 2 is 0.507 bits per heavy atom. The molecule has 26 heteroatoms. The standard InChI is InChI=1S/C10H14O4.C9H16O2.2C5H12O4.6C3H4O2/c1-7(2)9(11)13-5-6-14-10(12)8(3)4;1-4-5-6-7-11-9(10)8(2)3;2*6-1-5(2-7,3-8)4-9;6*1-2-3(4)5/h1,3,5-6H2,2,4H3;2,4-7H2,1,3H3;2*6-9H,1-4H2;6*2H,1H2,(H,4,5). The molecule has 14 N–H and O–H groups in total. The minimum atomic E-state index is -1.11. The van der Waals surface area contributed by atoms with Crippen LogP contribution in [-0.2, 0) is 57.4 Å². The van der Waals surface area contributed by atoms with Gasteiger partial charge in [0.05, 0.1) is 70.3 Å². The van der Waals surface area contributed by atoms with Crippen molar-refractivity contribution < 1.29 is 129 Å². The van der Waals surface area contributed by atoms with E-state index in [1.54, 1.807) is 20.8 Å². The molecule has 26 nitrogen and oxygen atoms in total. The molecule has 0 rings (SSSR count). The topological polar surface area (TPSA) is 465 Å². The lowest BCUT2D eigenvalue weighted by atomic mass is 9.93. The summed E-state index contributed by atoms with van der Waals surface area (Å²) in [6.45, 7) is 32.2. The van der Waals surface area contributed by atoms with E-state index >= 15 is 0 Å². The number of aliphatic hydroxyl groups is 8. The van der Waals surface area contributed by atoms with E-state index in [0.29, 0.717) is 23.3 Å². The largest absolute Gasteiger partial charge is 0.478 e. The Kier molecular flexibility index (Phi) is 78.3. The van der Waals surface area contributed by atoms with Crippen LogP contribution in [-0.4, -0.2) is 198 Å². The fourth-order valence-electron chi connectivity index (χ4n) is 1.76. The van der Waals surface area contributed by atoms with Crippen molar-refractivity contribution in [2.75, 3.05) is 72.7 Å². The summed E-state index contributed by atoms with van der Waals surface area (Å²) in [7, 11) is 0. The molecule has 0 aromatic carbocycles. The van der Waals surface area contributed by atoms with Crippen LogP contribution in [0.3, 0.4) is 0 Å². The van der Waals surface area contributed by atoms with Crippen LogP contribution in [0.25, 0.3) is 0 Å². The third-order valence-electron chi connectivity index (χ3n) is 6.31. The fraction of sp³-hybridized carbons (Fsp3) is 0.426. The number of ether oxygens (including phenoxy) is 3. The lowest BCUT2D eigenvalue weighted by molar-refractivity contribution is -0.147. The second kappa shape index (κ2) is 64.6. The van der Waals surface area contributed by atoms with Gasteiger partial charge in [-0.1, -0.05) is 79.0 Å². The highest BCUT2D eigenvalue weighted by molar-refractivity contribution is 5.88. The monoisotopic (exact) mass is 1060 g/mol. The minimum Gasteiger partial charge on any atom is -0.478 e. The van der Waals surface area contributed by atoms with Gasteiger partial charge in [0.15, 0.2) is 0 Å². The van der Waals surface area contributed by atoms with E-state index < -0.39 is 111 Å². The molecule has 0 aliphatic carbocycles. The summed E-state index contributed by atoms with van der Waals surface area (Å²) in [6, 6.07) is 0. The van der Waals surface area contributed by atoms with Crippen molar-refractivity contribution in [3.8, 4) is 0 Å². The number of aliphatic hydroxyl groups excluding tert-OH is 8. The van der Waals surface area contributed by atoms with E-state index in [1.807, 2.05) is 0 Å². The predicted octanol–water partition coefficient (Wildman–Crippen LogP) is 0.947. The smallest absolute Gasteiger partial charge is 0.333 e. The number of unbranched alkanes of at least 4 members (excludes halogenated alkanes) is 2. The maximum Gasteiger partial charge on any atom is 0.333 e. The average molecular weight is 1060 g/mol. The van der Waals surface area contributed by atoms with Gasteiger partial charge in [0.2, 0.25) is 0 Å². The summed E-state index contributed by atoms with van der Waals surface area (Å²) in [6.07, 6.45) is 8.21. The molecule has 0 aliphatic heterocycles. The SMILES string of the molecule is C=C(C)C(=O)OCCCCC.C=C(C)C(=O)OCCOC(=O)C(=C)C.C=CC(=O)O.C=CC(=O)O.C=CC(=O)O.C=CC(=O)O.C=CC(=O)O.C=CC(=O)O.OCC(CO)(CO)CO.OCC(CO)(CO)CO. The van der Waals surface area contributed by atoms with E-state index in [4.69, 9.17) is 76.2 Å². The Balaban J connectivity index is -0.0000000775. The zero-order valence-electron chi connectivity index (χ0n) is 41.9. The summed E-state index contributed by atoms with van der Waals surface area (Å²) in [4.78, 5) is 88.0. The van der Waals surface area contributed by atoms with Crippen LogP contribution in [0.5, 0.6) is 0 Å². The molecule has 0 radical (unpaired) electrons. The summed E-state index contributed by atoms with van der Waals surface area (Å²) < 4.78 is 14.2. The van der Waals surface area contributed by atoms with E-state index in [0.717, 1.165) is 55.7 Å². The molecular weight excluding hydrogens is 980 g/mol. The van der Waals surface area contributed by atoms with Gasteiger partial charge in [-0.05, 0) is 27.2 Å². The Morgan fingerprint density at radius 1 is 0.356 bits per heavy atom. The highest BCUT2D eigenvalue weighted by Crippen LogP contribution is 2.12. The van der Waals surface area contributed by atoms with Gasteiger partial charge in [0.1, 0.15) is 13.2 Å². The first-order valence-corrected chi connectivity index (χ1v) is 20.2. The molecule has 0 aliphatic rings. The molecule has 0 unspecified atom stereocenters. The van der Waals surface area contributed by atoms with E-state index in [1.165, 1.54) is 0 Å². The molecule has 73 heavy (non-hydrogen) atoms. The summed E-state index contributed by atoms with van der Waals surface area (Å²) >= 11 is 0. The van der Waals surface area contributed by atoms with Crippen molar-refractivity contribution >= 4 is 53.7 Å². The quantitative estimate of drug-likeness (QED) is 0.0277. The van der Waals surface area contributed by atoms with Gasteiger partial charge in [0.25, 0.3) is 0 Å².